The number of anilines is 1. The van der Waals surface area contributed by atoms with Gasteiger partial charge in [-0.25, -0.2) is 14.4 Å². The summed E-state index contributed by atoms with van der Waals surface area (Å²) >= 11 is 6.20. The number of amides is 1. The van der Waals surface area contributed by atoms with E-state index in [1.807, 2.05) is 13.0 Å². The standard InChI is InChI=1S/C20H21ClFN5O/c1-3-16-26-18-12(19(23)28)7-4-8-13(18)20(27-16)25-15(10-24-2)11-6-5-9-14(22)17(11)21/h4-9,15,24H,3,10H2,1-2H3,(H2,23,28)(H,25,26,27)/t15-/m1/s1. The number of para-hydroxylation sites is 1. The van der Waals surface area contributed by atoms with Crippen molar-refractivity contribution in [2.45, 2.75) is 19.4 Å². The van der Waals surface area contributed by atoms with E-state index >= 15 is 0 Å². The molecule has 0 spiro atoms. The SMILES string of the molecule is CCc1nc(N[C@H](CNC)c2cccc(F)c2Cl)c2cccc(C(N)=O)c2n1. The van der Waals surface area contributed by atoms with Crippen LogP contribution < -0.4 is 16.4 Å². The molecule has 1 aromatic heterocycles. The quantitative estimate of drug-likeness (QED) is 0.563. The highest BCUT2D eigenvalue weighted by Crippen LogP contribution is 2.30. The van der Waals surface area contributed by atoms with E-state index in [0.29, 0.717) is 46.6 Å². The first-order valence-corrected chi connectivity index (χ1v) is 9.28. The van der Waals surface area contributed by atoms with Crippen molar-refractivity contribution in [3.63, 3.8) is 0 Å². The fourth-order valence-electron chi connectivity index (χ4n) is 3.06. The molecule has 0 bridgehead atoms. The van der Waals surface area contributed by atoms with Crippen LogP contribution >= 0.6 is 11.6 Å². The maximum atomic E-state index is 14.0. The van der Waals surface area contributed by atoms with Gasteiger partial charge in [-0.05, 0) is 30.8 Å². The van der Waals surface area contributed by atoms with Crippen LogP contribution in [0, 0.1) is 5.82 Å². The van der Waals surface area contributed by atoms with Gasteiger partial charge in [0, 0.05) is 18.4 Å². The number of nitrogens with two attached hydrogens (primary N) is 1. The Morgan fingerprint density at radius 1 is 1.25 bits per heavy atom. The van der Waals surface area contributed by atoms with E-state index in [1.54, 1.807) is 31.3 Å². The second-order valence-electron chi connectivity index (χ2n) is 6.31. The van der Waals surface area contributed by atoms with E-state index in [-0.39, 0.29) is 11.1 Å². The minimum Gasteiger partial charge on any atom is -0.366 e. The predicted octanol–water partition coefficient (Wildman–Crippen LogP) is 3.46. The van der Waals surface area contributed by atoms with Crippen molar-refractivity contribution in [2.24, 2.45) is 5.73 Å². The largest absolute Gasteiger partial charge is 0.366 e. The zero-order chi connectivity index (χ0) is 20.3. The number of benzene rings is 2. The van der Waals surface area contributed by atoms with Crippen LogP contribution in [0.5, 0.6) is 0 Å². The lowest BCUT2D eigenvalue weighted by Crippen LogP contribution is -2.25. The second kappa shape index (κ2) is 8.50. The van der Waals surface area contributed by atoms with Gasteiger partial charge in [-0.1, -0.05) is 36.7 Å². The molecule has 0 radical (unpaired) electrons. The number of carbonyl (C=O) groups is 1. The fourth-order valence-corrected chi connectivity index (χ4v) is 3.32. The van der Waals surface area contributed by atoms with Crippen molar-refractivity contribution >= 4 is 34.2 Å². The smallest absolute Gasteiger partial charge is 0.250 e. The normalized spacial score (nSPS) is 12.1. The summed E-state index contributed by atoms with van der Waals surface area (Å²) in [6.45, 7) is 2.40. The molecule has 1 amide bonds. The third-order valence-corrected chi connectivity index (χ3v) is 4.83. The number of aromatic nitrogens is 2. The van der Waals surface area contributed by atoms with Crippen molar-refractivity contribution < 1.29 is 9.18 Å². The van der Waals surface area contributed by atoms with Crippen LogP contribution in [-0.4, -0.2) is 29.5 Å². The maximum Gasteiger partial charge on any atom is 0.250 e. The first kappa shape index (κ1) is 20.0. The summed E-state index contributed by atoms with van der Waals surface area (Å²) in [6.07, 6.45) is 0.579. The molecule has 3 rings (SSSR count). The van der Waals surface area contributed by atoms with E-state index in [9.17, 15) is 9.18 Å². The van der Waals surface area contributed by atoms with Crippen molar-refractivity contribution in [1.29, 1.82) is 0 Å². The van der Waals surface area contributed by atoms with Gasteiger partial charge < -0.3 is 16.4 Å². The lowest BCUT2D eigenvalue weighted by molar-refractivity contribution is 0.100. The number of primary amides is 1. The monoisotopic (exact) mass is 401 g/mol. The second-order valence-corrected chi connectivity index (χ2v) is 6.68. The molecule has 0 fully saturated rings. The highest BCUT2D eigenvalue weighted by molar-refractivity contribution is 6.31. The molecule has 0 aliphatic heterocycles. The number of halogens is 2. The molecule has 28 heavy (non-hydrogen) atoms. The van der Waals surface area contributed by atoms with Crippen molar-refractivity contribution in [3.8, 4) is 0 Å². The molecule has 1 heterocycles. The Balaban J connectivity index is 2.14. The van der Waals surface area contributed by atoms with Crippen LogP contribution in [-0.2, 0) is 6.42 Å². The number of aryl methyl sites for hydroxylation is 1. The number of hydrogen-bond donors (Lipinski definition) is 3. The highest BCUT2D eigenvalue weighted by Gasteiger charge is 2.20. The Morgan fingerprint density at radius 3 is 2.68 bits per heavy atom. The number of carbonyl (C=O) groups excluding carboxylic acids is 1. The molecule has 8 heteroatoms. The number of nitrogens with one attached hydrogen (secondary N) is 2. The molecule has 0 saturated heterocycles. The van der Waals surface area contributed by atoms with Crippen molar-refractivity contribution in [1.82, 2.24) is 15.3 Å². The number of fused-ring (bicyclic) bond motifs is 1. The van der Waals surface area contributed by atoms with Crippen molar-refractivity contribution in [2.75, 3.05) is 18.9 Å². The molecule has 0 unspecified atom stereocenters. The molecular formula is C20H21ClFN5O. The Morgan fingerprint density at radius 2 is 2.00 bits per heavy atom. The van der Waals surface area contributed by atoms with E-state index in [2.05, 4.69) is 20.6 Å². The summed E-state index contributed by atoms with van der Waals surface area (Å²) in [7, 11) is 1.79. The predicted molar refractivity (Wildman–Crippen MR) is 109 cm³/mol. The fraction of sp³-hybridized carbons (Fsp3) is 0.250. The van der Waals surface area contributed by atoms with Gasteiger partial charge in [0.25, 0.3) is 5.91 Å². The van der Waals surface area contributed by atoms with E-state index in [1.165, 1.54) is 6.07 Å². The molecule has 6 nitrogen and oxygen atoms in total. The summed E-state index contributed by atoms with van der Waals surface area (Å²) in [5.74, 6) is 0.0555. The highest BCUT2D eigenvalue weighted by atomic mass is 35.5. The van der Waals surface area contributed by atoms with Crippen LogP contribution in [0.15, 0.2) is 36.4 Å². The van der Waals surface area contributed by atoms with Crippen LogP contribution in [0.4, 0.5) is 10.2 Å². The third kappa shape index (κ3) is 3.90. The average molecular weight is 402 g/mol. The lowest BCUT2D eigenvalue weighted by atomic mass is 10.1. The number of nitrogens with zero attached hydrogens (tertiary/aromatic N) is 2. The molecule has 0 aliphatic rings. The minimum atomic E-state index is -0.558. The van der Waals surface area contributed by atoms with Crippen molar-refractivity contribution in [3.05, 3.63) is 64.2 Å². The Labute approximate surface area is 167 Å². The number of likely N-dealkylation sites (N-methyl/N-ethyl adjacent to an activating group) is 1. The zero-order valence-corrected chi connectivity index (χ0v) is 16.3. The number of hydrogen-bond acceptors (Lipinski definition) is 5. The average Bonchev–Trinajstić information content (AvgIpc) is 2.69. The van der Waals surface area contributed by atoms with Gasteiger partial charge in [0.05, 0.1) is 22.1 Å². The van der Waals surface area contributed by atoms with E-state index in [4.69, 9.17) is 17.3 Å². The summed E-state index contributed by atoms with van der Waals surface area (Å²) in [5, 5.41) is 7.12. The lowest BCUT2D eigenvalue weighted by Gasteiger charge is -2.22. The first-order valence-electron chi connectivity index (χ1n) is 8.90. The third-order valence-electron chi connectivity index (χ3n) is 4.43. The Hall–Kier alpha value is -2.77. The maximum absolute atomic E-state index is 14.0. The van der Waals surface area contributed by atoms with Gasteiger partial charge in [-0.15, -0.1) is 0 Å². The molecule has 0 saturated carbocycles. The molecular weight excluding hydrogens is 381 g/mol. The number of rotatable bonds is 7. The van der Waals surface area contributed by atoms with Gasteiger partial charge in [-0.2, -0.15) is 0 Å². The van der Waals surface area contributed by atoms with Gasteiger partial charge in [0.15, 0.2) is 0 Å². The Kier molecular flexibility index (Phi) is 6.06. The molecule has 146 valence electrons. The molecule has 1 atom stereocenters. The molecule has 0 aliphatic carbocycles. The minimum absolute atomic E-state index is 0.0575. The molecule has 3 aromatic rings. The van der Waals surface area contributed by atoms with Crippen LogP contribution in [0.1, 0.15) is 34.7 Å². The van der Waals surface area contributed by atoms with E-state index < -0.39 is 11.7 Å². The molecule has 4 N–H and O–H groups in total. The van der Waals surface area contributed by atoms with Crippen LogP contribution in [0.3, 0.4) is 0 Å². The van der Waals surface area contributed by atoms with Gasteiger partial charge in [-0.3, -0.25) is 4.79 Å². The van der Waals surface area contributed by atoms with Crippen LogP contribution in [0.2, 0.25) is 5.02 Å². The van der Waals surface area contributed by atoms with Gasteiger partial charge in [0.2, 0.25) is 0 Å². The van der Waals surface area contributed by atoms with Crippen LogP contribution in [0.25, 0.3) is 10.9 Å². The van der Waals surface area contributed by atoms with Gasteiger partial charge in [0.1, 0.15) is 17.5 Å². The summed E-state index contributed by atoms with van der Waals surface area (Å²) in [4.78, 5) is 20.9. The molecule has 2 aromatic carbocycles. The van der Waals surface area contributed by atoms with Gasteiger partial charge >= 0.3 is 0 Å². The summed E-state index contributed by atoms with van der Waals surface area (Å²) in [6, 6.07) is 9.51. The Bertz CT molecular complexity index is 1030. The zero-order valence-electron chi connectivity index (χ0n) is 15.6. The first-order chi connectivity index (χ1) is 13.5. The summed E-state index contributed by atoms with van der Waals surface area (Å²) in [5.41, 5.74) is 6.92. The summed E-state index contributed by atoms with van der Waals surface area (Å²) < 4.78 is 14.0. The topological polar surface area (TPSA) is 92.9 Å². The van der Waals surface area contributed by atoms with E-state index in [0.717, 1.165) is 0 Å².